The molecular weight excluding hydrogens is 283 g/mol. The van der Waals surface area contributed by atoms with Crippen molar-refractivity contribution >= 4 is 34.8 Å². The summed E-state index contributed by atoms with van der Waals surface area (Å²) in [6, 6.07) is 1.43. The molecule has 0 spiro atoms. The highest BCUT2D eigenvalue weighted by Crippen LogP contribution is 2.32. The zero-order valence-corrected chi connectivity index (χ0v) is 9.63. The summed E-state index contributed by atoms with van der Waals surface area (Å²) < 4.78 is 62.1. The fourth-order valence-corrected chi connectivity index (χ4v) is 2.46. The number of benzene rings is 1. The van der Waals surface area contributed by atoms with Crippen molar-refractivity contribution < 1.29 is 22.0 Å². The van der Waals surface area contributed by atoms with Crippen LogP contribution in [0.15, 0.2) is 12.1 Å². The van der Waals surface area contributed by atoms with E-state index in [0.717, 1.165) is 0 Å². The van der Waals surface area contributed by atoms with E-state index in [0.29, 0.717) is 12.1 Å². The van der Waals surface area contributed by atoms with Crippen molar-refractivity contribution in [3.63, 3.8) is 0 Å². The molecule has 0 aromatic heterocycles. The van der Waals surface area contributed by atoms with Crippen molar-refractivity contribution in [2.75, 3.05) is 0 Å². The van der Waals surface area contributed by atoms with Gasteiger partial charge >= 0.3 is 24.4 Å². The van der Waals surface area contributed by atoms with Crippen molar-refractivity contribution in [2.45, 2.75) is 6.18 Å². The molecule has 1 aromatic carbocycles. The SMILES string of the molecule is Fc1c[c]([Mg][Br])cc(F)c1C(F)(F)F. The third-order valence-corrected chi connectivity index (χ3v) is 4.20. The predicted octanol–water partition coefficient (Wildman–Crippen LogP) is 2.62. The Hall–Kier alpha value is 0.116. The molecule has 0 saturated heterocycles. The molecule has 0 aliphatic carbocycles. The quantitative estimate of drug-likeness (QED) is 0.549. The normalized spacial score (nSPS) is 11.3. The summed E-state index contributed by atoms with van der Waals surface area (Å²) in [7, 11) is 0. The van der Waals surface area contributed by atoms with Gasteiger partial charge in [-0.3, -0.25) is 12.9 Å². The Morgan fingerprint density at radius 3 is 1.79 bits per heavy atom. The molecular formula is C7H2BrF5Mg. The molecule has 7 heteroatoms. The highest BCUT2D eigenvalue weighted by molar-refractivity contribution is 9.23. The molecule has 0 aliphatic rings. The van der Waals surface area contributed by atoms with E-state index in [-0.39, 0.29) is 3.69 Å². The lowest BCUT2D eigenvalue weighted by Gasteiger charge is -2.10. The highest BCUT2D eigenvalue weighted by Gasteiger charge is 2.37. The van der Waals surface area contributed by atoms with Gasteiger partial charge in [-0.25, -0.2) is 8.78 Å². The van der Waals surface area contributed by atoms with Crippen LogP contribution in [0.5, 0.6) is 0 Å². The van der Waals surface area contributed by atoms with Crippen LogP contribution in [0.4, 0.5) is 22.0 Å². The highest BCUT2D eigenvalue weighted by atomic mass is 79.9. The van der Waals surface area contributed by atoms with E-state index in [4.69, 9.17) is 0 Å². The van der Waals surface area contributed by atoms with Gasteiger partial charge in [0.1, 0.15) is 17.2 Å². The van der Waals surface area contributed by atoms with Crippen molar-refractivity contribution in [3.8, 4) is 0 Å². The summed E-state index contributed by atoms with van der Waals surface area (Å²) in [4.78, 5) is 0. The molecule has 0 fully saturated rings. The van der Waals surface area contributed by atoms with E-state index in [1.54, 1.807) is 0 Å². The van der Waals surface area contributed by atoms with Crippen molar-refractivity contribution in [1.29, 1.82) is 0 Å². The number of halogens is 6. The van der Waals surface area contributed by atoms with Crippen LogP contribution in [0.1, 0.15) is 5.56 Å². The maximum Gasteiger partial charge on any atom is 0.507 e. The average Bonchev–Trinajstić information content (AvgIpc) is 1.99. The van der Waals surface area contributed by atoms with Crippen LogP contribution in [-0.2, 0) is 6.18 Å². The lowest BCUT2D eigenvalue weighted by molar-refractivity contribution is -0.142. The van der Waals surface area contributed by atoms with Gasteiger partial charge in [-0.1, -0.05) is 0 Å². The monoisotopic (exact) mass is 284 g/mol. The molecule has 0 bridgehead atoms. The standard InChI is InChI=1S/C7H2F5.BrH.Mg/c8-4-2-1-3-5(9)6(4)7(10,11)12;;/h2-3H;1H;/q;;+1/p-1. The zero-order valence-electron chi connectivity index (χ0n) is 6.63. The van der Waals surface area contributed by atoms with Crippen LogP contribution >= 0.6 is 12.9 Å². The smallest absolute Gasteiger partial charge is 0.296 e. The van der Waals surface area contributed by atoms with Gasteiger partial charge < -0.3 is 0 Å². The van der Waals surface area contributed by atoms with Gasteiger partial charge in [-0.15, -0.1) is 3.69 Å². The number of alkyl halides is 3. The van der Waals surface area contributed by atoms with Crippen molar-refractivity contribution in [1.82, 2.24) is 0 Å². The number of hydrogen-bond donors (Lipinski definition) is 0. The van der Waals surface area contributed by atoms with Gasteiger partial charge in [-0.05, 0) is 12.1 Å². The number of hydrogen-bond acceptors (Lipinski definition) is 0. The molecule has 0 aliphatic heterocycles. The van der Waals surface area contributed by atoms with Gasteiger partial charge in [0.05, 0.1) is 0 Å². The van der Waals surface area contributed by atoms with E-state index < -0.39 is 41.6 Å². The van der Waals surface area contributed by atoms with Gasteiger partial charge in [0.15, 0.2) is 0 Å². The van der Waals surface area contributed by atoms with Crippen LogP contribution in [0, 0.1) is 11.6 Å². The molecule has 14 heavy (non-hydrogen) atoms. The Labute approximate surface area is 92.1 Å². The average molecular weight is 285 g/mol. The first-order chi connectivity index (χ1) is 6.36. The fraction of sp³-hybridized carbons (Fsp3) is 0.143. The Morgan fingerprint density at radius 1 is 1.07 bits per heavy atom. The third-order valence-electron chi connectivity index (χ3n) is 1.54. The molecule has 0 atom stereocenters. The first kappa shape index (κ1) is 12.2. The zero-order chi connectivity index (χ0) is 10.9. The van der Waals surface area contributed by atoms with Gasteiger partial charge in [0.2, 0.25) is 0 Å². The Bertz CT molecular complexity index is 325. The maximum absolute atomic E-state index is 12.8. The van der Waals surface area contributed by atoms with Crippen LogP contribution in [-0.4, -0.2) is 18.2 Å². The summed E-state index contributed by atoms with van der Waals surface area (Å²) in [6.45, 7) is 0. The van der Waals surface area contributed by atoms with Crippen LogP contribution in [0.3, 0.4) is 0 Å². The minimum absolute atomic E-state index is 0.257. The molecule has 0 N–H and O–H groups in total. The Balaban J connectivity index is 3.33. The second-order valence-corrected chi connectivity index (χ2v) is 5.33. The molecule has 0 amide bonds. The van der Waals surface area contributed by atoms with Gasteiger partial charge in [-0.2, -0.15) is 13.2 Å². The largest absolute Gasteiger partial charge is 0.507 e. The van der Waals surface area contributed by atoms with Crippen molar-refractivity contribution in [3.05, 3.63) is 29.3 Å². The minimum atomic E-state index is -4.99. The van der Waals surface area contributed by atoms with E-state index >= 15 is 0 Å². The molecule has 0 nitrogen and oxygen atoms in total. The third kappa shape index (κ3) is 2.57. The van der Waals surface area contributed by atoms with Gasteiger partial charge in [0, 0.05) is 0 Å². The molecule has 0 saturated carbocycles. The topological polar surface area (TPSA) is 0 Å². The summed E-state index contributed by atoms with van der Waals surface area (Å²) in [5.41, 5.74) is -1.82. The van der Waals surface area contributed by atoms with Gasteiger partial charge in [0.25, 0.3) is 0 Å². The molecule has 0 unspecified atom stereocenters. The lowest BCUT2D eigenvalue weighted by atomic mass is 10.2. The maximum atomic E-state index is 12.8. The summed E-state index contributed by atoms with van der Waals surface area (Å²) >= 11 is 1.98. The second-order valence-electron chi connectivity index (χ2n) is 2.57. The second kappa shape index (κ2) is 4.32. The number of rotatable bonds is 1. The van der Waals surface area contributed by atoms with E-state index in [2.05, 4.69) is 12.9 Å². The summed E-state index contributed by atoms with van der Waals surface area (Å²) in [5, 5.41) is 0. The minimum Gasteiger partial charge on any atom is -0.296 e. The van der Waals surface area contributed by atoms with E-state index in [9.17, 15) is 22.0 Å². The van der Waals surface area contributed by atoms with Crippen LogP contribution < -0.4 is 3.69 Å². The molecule has 74 valence electrons. The summed E-state index contributed by atoms with van der Waals surface area (Å²) in [6.07, 6.45) is -4.99. The first-order valence-corrected chi connectivity index (χ1v) is 8.08. The molecule has 1 rings (SSSR count). The predicted molar refractivity (Wildman–Crippen MR) is 45.7 cm³/mol. The Morgan fingerprint density at radius 2 is 1.50 bits per heavy atom. The van der Waals surface area contributed by atoms with Crippen LogP contribution in [0.25, 0.3) is 0 Å². The Kier molecular flexibility index (Phi) is 3.76. The van der Waals surface area contributed by atoms with E-state index in [1.807, 2.05) is 0 Å². The molecule has 0 radical (unpaired) electrons. The first-order valence-electron chi connectivity index (χ1n) is 3.47. The lowest BCUT2D eigenvalue weighted by Crippen LogP contribution is -2.18. The fourth-order valence-electron chi connectivity index (χ4n) is 0.974. The summed E-state index contributed by atoms with van der Waals surface area (Å²) in [5.74, 6) is -3.11. The van der Waals surface area contributed by atoms with E-state index in [1.165, 1.54) is 0 Å². The van der Waals surface area contributed by atoms with Crippen LogP contribution in [0.2, 0.25) is 0 Å². The molecule has 1 aromatic rings. The molecule has 0 heterocycles. The van der Waals surface area contributed by atoms with Crippen molar-refractivity contribution in [2.24, 2.45) is 0 Å².